The highest BCUT2D eigenvalue weighted by Gasteiger charge is 2.29. The van der Waals surface area contributed by atoms with Gasteiger partial charge in [0.05, 0.1) is 19.3 Å². The summed E-state index contributed by atoms with van der Waals surface area (Å²) in [7, 11) is 0. The smallest absolute Gasteiger partial charge is 0.328 e. The second kappa shape index (κ2) is 14.9. The highest BCUT2D eigenvalue weighted by molar-refractivity contribution is 5.94. The van der Waals surface area contributed by atoms with E-state index in [0.717, 1.165) is 5.56 Å². The zero-order valence-corrected chi connectivity index (χ0v) is 18.3. The Balaban J connectivity index is 2.79. The van der Waals surface area contributed by atoms with Gasteiger partial charge < -0.3 is 42.7 Å². The molecule has 33 heavy (non-hydrogen) atoms. The summed E-state index contributed by atoms with van der Waals surface area (Å²) >= 11 is 0. The molecule has 12 nitrogen and oxygen atoms in total. The molecule has 1 rings (SSSR count). The van der Waals surface area contributed by atoms with Gasteiger partial charge in [-0.05, 0) is 37.8 Å². The molecule has 0 aromatic heterocycles. The van der Waals surface area contributed by atoms with E-state index in [2.05, 4.69) is 16.0 Å². The van der Waals surface area contributed by atoms with Crippen molar-refractivity contribution in [3.63, 3.8) is 0 Å². The molecular weight excluding hydrogens is 434 g/mol. The van der Waals surface area contributed by atoms with Crippen LogP contribution in [-0.4, -0.2) is 82.9 Å². The van der Waals surface area contributed by atoms with Crippen LogP contribution in [-0.2, 0) is 25.6 Å². The van der Waals surface area contributed by atoms with Gasteiger partial charge in [0.1, 0.15) is 18.1 Å². The van der Waals surface area contributed by atoms with E-state index >= 15 is 0 Å². The number of rotatable bonds is 15. The van der Waals surface area contributed by atoms with Gasteiger partial charge in [0, 0.05) is 0 Å². The fourth-order valence-electron chi connectivity index (χ4n) is 2.93. The summed E-state index contributed by atoms with van der Waals surface area (Å²) in [6, 6.07) is 3.94. The van der Waals surface area contributed by atoms with E-state index in [-0.39, 0.29) is 12.8 Å². The molecule has 12 heteroatoms. The van der Waals surface area contributed by atoms with Crippen molar-refractivity contribution in [3.8, 4) is 0 Å². The zero-order chi connectivity index (χ0) is 24.8. The number of unbranched alkanes of at least 4 members (excludes halogenated alkanes) is 1. The van der Waals surface area contributed by atoms with Crippen molar-refractivity contribution in [2.45, 2.75) is 49.9 Å². The van der Waals surface area contributed by atoms with E-state index in [0.29, 0.717) is 19.4 Å². The average molecular weight is 468 g/mol. The van der Waals surface area contributed by atoms with Gasteiger partial charge in [0.25, 0.3) is 0 Å². The van der Waals surface area contributed by atoms with Gasteiger partial charge in [-0.2, -0.15) is 0 Å². The Kier molecular flexibility index (Phi) is 12.6. The van der Waals surface area contributed by atoms with Crippen LogP contribution in [0.1, 0.15) is 24.8 Å². The highest BCUT2D eigenvalue weighted by Crippen LogP contribution is 2.04. The third-order valence-corrected chi connectivity index (χ3v) is 4.83. The molecule has 4 unspecified atom stereocenters. The predicted octanol–water partition coefficient (Wildman–Crippen LogP) is -2.79. The number of carboxylic acid groups (broad SMARTS) is 1. The number of aliphatic hydroxyl groups is 2. The van der Waals surface area contributed by atoms with Crippen molar-refractivity contribution in [1.82, 2.24) is 16.0 Å². The number of benzene rings is 1. The van der Waals surface area contributed by atoms with Crippen LogP contribution in [0.4, 0.5) is 0 Å². The van der Waals surface area contributed by atoms with Crippen molar-refractivity contribution in [2.24, 2.45) is 11.5 Å². The lowest BCUT2D eigenvalue weighted by Gasteiger charge is -2.24. The number of nitrogens with one attached hydrogen (secondary N) is 3. The summed E-state index contributed by atoms with van der Waals surface area (Å²) in [6.45, 7) is -1.23. The van der Waals surface area contributed by atoms with Gasteiger partial charge in [-0.3, -0.25) is 14.4 Å². The molecule has 0 aliphatic heterocycles. The Morgan fingerprint density at radius 3 is 1.91 bits per heavy atom. The molecule has 0 saturated heterocycles. The van der Waals surface area contributed by atoms with Crippen LogP contribution < -0.4 is 27.4 Å². The Morgan fingerprint density at radius 1 is 0.818 bits per heavy atom. The maximum Gasteiger partial charge on any atom is 0.328 e. The molecule has 0 saturated carbocycles. The van der Waals surface area contributed by atoms with E-state index in [1.54, 1.807) is 24.3 Å². The number of carbonyl (C=O) groups excluding carboxylic acids is 3. The van der Waals surface area contributed by atoms with Gasteiger partial charge in [-0.25, -0.2) is 4.79 Å². The van der Waals surface area contributed by atoms with E-state index in [9.17, 15) is 24.3 Å². The third-order valence-electron chi connectivity index (χ3n) is 4.83. The molecule has 1 aromatic carbocycles. The number of nitrogens with two attached hydrogens (primary N) is 2. The van der Waals surface area contributed by atoms with Gasteiger partial charge >= 0.3 is 5.97 Å². The molecule has 0 aliphatic rings. The van der Waals surface area contributed by atoms with Gasteiger partial charge in [-0.15, -0.1) is 0 Å². The van der Waals surface area contributed by atoms with E-state index < -0.39 is 61.1 Å². The van der Waals surface area contributed by atoms with Gasteiger partial charge in [0.2, 0.25) is 17.7 Å². The fourth-order valence-corrected chi connectivity index (χ4v) is 2.93. The molecule has 184 valence electrons. The van der Waals surface area contributed by atoms with Gasteiger partial charge in [0.15, 0.2) is 0 Å². The first-order chi connectivity index (χ1) is 15.7. The van der Waals surface area contributed by atoms with Crippen LogP contribution in [0.5, 0.6) is 0 Å². The molecule has 0 heterocycles. The highest BCUT2D eigenvalue weighted by atomic mass is 16.4. The molecular formula is C21H33N5O7. The number of hydrogen-bond donors (Lipinski definition) is 8. The van der Waals surface area contributed by atoms with Crippen LogP contribution in [0, 0.1) is 0 Å². The number of amides is 3. The average Bonchev–Trinajstić information content (AvgIpc) is 2.80. The molecule has 0 radical (unpaired) electrons. The molecule has 1 aromatic rings. The minimum atomic E-state index is -1.55. The molecule has 0 fully saturated rings. The summed E-state index contributed by atoms with van der Waals surface area (Å²) < 4.78 is 0. The minimum Gasteiger partial charge on any atom is -0.480 e. The third kappa shape index (κ3) is 9.95. The quantitative estimate of drug-likeness (QED) is 0.125. The Morgan fingerprint density at radius 2 is 1.36 bits per heavy atom. The summed E-state index contributed by atoms with van der Waals surface area (Å²) in [5.74, 6) is -3.78. The maximum absolute atomic E-state index is 12.6. The van der Waals surface area contributed by atoms with Gasteiger partial charge in [-0.1, -0.05) is 30.3 Å². The standard InChI is InChI=1S/C21H33N5O7/c22-9-5-4-8-15(19(30)26-17(12-28)21(32)33)24-20(31)16(11-27)25-18(29)14(23)10-13-6-2-1-3-7-13/h1-3,6-7,14-17,27-28H,4-5,8-12,22-23H2,(H,24,31)(H,25,29)(H,26,30)(H,32,33). The molecule has 10 N–H and O–H groups in total. The largest absolute Gasteiger partial charge is 0.480 e. The monoisotopic (exact) mass is 467 g/mol. The van der Waals surface area contributed by atoms with E-state index in [4.69, 9.17) is 21.7 Å². The molecule has 0 spiro atoms. The predicted molar refractivity (Wildman–Crippen MR) is 119 cm³/mol. The number of hydrogen-bond acceptors (Lipinski definition) is 8. The maximum atomic E-state index is 12.6. The lowest BCUT2D eigenvalue weighted by Crippen LogP contribution is -2.58. The van der Waals surface area contributed by atoms with Crippen LogP contribution in [0.15, 0.2) is 30.3 Å². The van der Waals surface area contributed by atoms with Crippen LogP contribution in [0.25, 0.3) is 0 Å². The summed E-state index contributed by atoms with van der Waals surface area (Å²) in [6.07, 6.45) is 1.35. The molecule has 3 amide bonds. The van der Waals surface area contributed by atoms with E-state index in [1.165, 1.54) is 0 Å². The number of carboxylic acids is 1. The topological polar surface area (TPSA) is 217 Å². The Labute approximate surface area is 191 Å². The molecule has 0 bridgehead atoms. The fraction of sp³-hybridized carbons (Fsp3) is 0.524. The zero-order valence-electron chi connectivity index (χ0n) is 18.3. The molecule has 4 atom stereocenters. The lowest BCUT2D eigenvalue weighted by molar-refractivity contribution is -0.143. The molecule has 0 aliphatic carbocycles. The van der Waals surface area contributed by atoms with Crippen molar-refractivity contribution < 1.29 is 34.5 Å². The normalized spacial score (nSPS) is 14.4. The second-order valence-corrected chi connectivity index (χ2v) is 7.47. The first kappa shape index (κ1) is 28.0. The van der Waals surface area contributed by atoms with Crippen molar-refractivity contribution >= 4 is 23.7 Å². The van der Waals surface area contributed by atoms with E-state index in [1.807, 2.05) is 6.07 Å². The summed E-state index contributed by atoms with van der Waals surface area (Å²) in [5, 5.41) is 34.6. The number of carbonyl (C=O) groups is 4. The number of aliphatic carboxylic acids is 1. The first-order valence-corrected chi connectivity index (χ1v) is 10.6. The Hall–Kier alpha value is -3.06. The Bertz CT molecular complexity index is 778. The first-order valence-electron chi connectivity index (χ1n) is 10.6. The minimum absolute atomic E-state index is 0.131. The number of aliphatic hydroxyl groups excluding tert-OH is 2. The van der Waals surface area contributed by atoms with Crippen molar-refractivity contribution in [3.05, 3.63) is 35.9 Å². The van der Waals surface area contributed by atoms with Crippen LogP contribution in [0.3, 0.4) is 0 Å². The van der Waals surface area contributed by atoms with Crippen molar-refractivity contribution in [2.75, 3.05) is 19.8 Å². The second-order valence-electron chi connectivity index (χ2n) is 7.47. The van der Waals surface area contributed by atoms with Crippen molar-refractivity contribution in [1.29, 1.82) is 0 Å². The summed E-state index contributed by atoms with van der Waals surface area (Å²) in [4.78, 5) is 48.6. The SMILES string of the molecule is NCCCCC(NC(=O)C(CO)NC(=O)C(N)Cc1ccccc1)C(=O)NC(CO)C(=O)O. The van der Waals surface area contributed by atoms with Crippen LogP contribution in [0.2, 0.25) is 0 Å². The summed E-state index contributed by atoms with van der Waals surface area (Å²) in [5.41, 5.74) is 12.2. The van der Waals surface area contributed by atoms with Crippen LogP contribution >= 0.6 is 0 Å². The lowest BCUT2D eigenvalue weighted by atomic mass is 10.1.